The van der Waals surface area contributed by atoms with Gasteiger partial charge in [0.25, 0.3) is 5.91 Å². The number of hydrogen-bond acceptors (Lipinski definition) is 5. The van der Waals surface area contributed by atoms with Crippen LogP contribution in [-0.4, -0.2) is 38.6 Å². The van der Waals surface area contributed by atoms with Gasteiger partial charge < -0.3 is 26.0 Å². The smallest absolute Gasteiger partial charge is 0.262 e. The van der Waals surface area contributed by atoms with Crippen LogP contribution in [0, 0.1) is 0 Å². The molecule has 0 aromatic heterocycles. The summed E-state index contributed by atoms with van der Waals surface area (Å²) in [4.78, 5) is 24.6. The maximum atomic E-state index is 11.6. The first-order valence-electron chi connectivity index (χ1n) is 6.35. The number of amides is 2. The van der Waals surface area contributed by atoms with Gasteiger partial charge in [0.15, 0.2) is 6.61 Å². The molecule has 0 saturated carbocycles. The van der Waals surface area contributed by atoms with Crippen molar-refractivity contribution in [3.05, 3.63) is 12.1 Å². The third kappa shape index (κ3) is 2.93. The monoisotopic (exact) mass is 278 g/mol. The number of carbonyl (C=O) groups excluding carboxylic acids is 2. The molecule has 7 nitrogen and oxygen atoms in total. The molecular weight excluding hydrogens is 260 g/mol. The van der Waals surface area contributed by atoms with Crippen molar-refractivity contribution in [3.63, 3.8) is 0 Å². The van der Waals surface area contributed by atoms with Gasteiger partial charge in [-0.25, -0.2) is 0 Å². The molecule has 1 heterocycles. The van der Waals surface area contributed by atoms with Crippen LogP contribution in [0.1, 0.15) is 6.92 Å². The summed E-state index contributed by atoms with van der Waals surface area (Å²) in [6.07, 6.45) is 0. The van der Waals surface area contributed by atoms with Crippen molar-refractivity contribution in [2.45, 2.75) is 6.92 Å². The summed E-state index contributed by atoms with van der Waals surface area (Å²) in [5, 5.41) is 5.43. The minimum atomic E-state index is -0.209. The Kier molecular flexibility index (Phi) is 3.97. The number of hydrogen-bond donors (Lipinski definition) is 3. The number of nitrogens with zero attached hydrogens (tertiary/aromatic N) is 1. The van der Waals surface area contributed by atoms with Crippen LogP contribution in [0.4, 0.5) is 17.1 Å². The average Bonchev–Trinajstić information content (AvgIpc) is 2.38. The molecule has 1 aromatic carbocycles. The van der Waals surface area contributed by atoms with E-state index in [1.807, 2.05) is 6.92 Å². The minimum absolute atomic E-state index is 0.0134. The zero-order valence-corrected chi connectivity index (χ0v) is 11.5. The van der Waals surface area contributed by atoms with Crippen molar-refractivity contribution >= 4 is 28.9 Å². The Morgan fingerprint density at radius 2 is 2.30 bits per heavy atom. The van der Waals surface area contributed by atoms with Crippen LogP contribution in [0.2, 0.25) is 0 Å². The number of nitrogen functional groups attached to an aromatic ring is 1. The number of carbonyl (C=O) groups is 2. The highest BCUT2D eigenvalue weighted by molar-refractivity contribution is 5.97. The number of fused-ring (bicyclic) bond motifs is 1. The van der Waals surface area contributed by atoms with E-state index in [1.54, 1.807) is 24.1 Å². The zero-order chi connectivity index (χ0) is 14.7. The van der Waals surface area contributed by atoms with Crippen molar-refractivity contribution in [2.24, 2.45) is 0 Å². The number of ether oxygens (including phenoxy) is 1. The van der Waals surface area contributed by atoms with Gasteiger partial charge in [0.1, 0.15) is 5.75 Å². The first kappa shape index (κ1) is 14.0. The maximum absolute atomic E-state index is 11.6. The van der Waals surface area contributed by atoms with E-state index in [-0.39, 0.29) is 25.0 Å². The van der Waals surface area contributed by atoms with E-state index in [2.05, 4.69) is 10.6 Å². The Bertz CT molecular complexity index is 545. The third-order valence-electron chi connectivity index (χ3n) is 2.93. The molecule has 0 radical (unpaired) electrons. The molecule has 1 aliphatic heterocycles. The Labute approximate surface area is 117 Å². The molecule has 0 fully saturated rings. The Hall–Kier alpha value is -2.44. The molecule has 0 saturated heterocycles. The van der Waals surface area contributed by atoms with Gasteiger partial charge in [0.2, 0.25) is 5.91 Å². The van der Waals surface area contributed by atoms with Crippen molar-refractivity contribution in [3.8, 4) is 5.75 Å². The van der Waals surface area contributed by atoms with Crippen LogP contribution in [0.25, 0.3) is 0 Å². The lowest BCUT2D eigenvalue weighted by Crippen LogP contribution is -2.35. The van der Waals surface area contributed by atoms with Crippen LogP contribution in [-0.2, 0) is 9.59 Å². The predicted molar refractivity (Wildman–Crippen MR) is 76.9 cm³/mol. The van der Waals surface area contributed by atoms with E-state index < -0.39 is 0 Å². The minimum Gasteiger partial charge on any atom is -0.482 e. The molecule has 2 rings (SSSR count). The van der Waals surface area contributed by atoms with Crippen molar-refractivity contribution < 1.29 is 14.3 Å². The average molecular weight is 278 g/mol. The number of likely N-dealkylation sites (N-methyl/N-ethyl adjacent to an activating group) is 2. The lowest BCUT2D eigenvalue weighted by molar-refractivity contribution is -0.120. The molecule has 4 N–H and O–H groups in total. The zero-order valence-electron chi connectivity index (χ0n) is 11.5. The second-order valence-electron chi connectivity index (χ2n) is 4.55. The molecular formula is C13H18N4O3. The fourth-order valence-corrected chi connectivity index (χ4v) is 2.02. The number of anilines is 3. The number of rotatable bonds is 4. The van der Waals surface area contributed by atoms with Crippen molar-refractivity contribution in [1.82, 2.24) is 5.32 Å². The summed E-state index contributed by atoms with van der Waals surface area (Å²) in [6, 6.07) is 3.36. The fourth-order valence-electron chi connectivity index (χ4n) is 2.02. The molecule has 7 heteroatoms. The maximum Gasteiger partial charge on any atom is 0.262 e. The highest BCUT2D eigenvalue weighted by Crippen LogP contribution is 2.36. The molecule has 2 amide bonds. The predicted octanol–water partition coefficient (Wildman–Crippen LogP) is 0.172. The Balaban J connectivity index is 2.21. The van der Waals surface area contributed by atoms with Gasteiger partial charge in [-0.05, 0) is 13.0 Å². The summed E-state index contributed by atoms with van der Waals surface area (Å²) in [5.74, 6) is 0.240. The number of nitrogens with two attached hydrogens (primary N) is 1. The van der Waals surface area contributed by atoms with Gasteiger partial charge in [0, 0.05) is 19.7 Å². The van der Waals surface area contributed by atoms with Gasteiger partial charge >= 0.3 is 0 Å². The first-order valence-corrected chi connectivity index (χ1v) is 6.35. The number of nitrogens with one attached hydrogen (secondary N) is 2. The van der Waals surface area contributed by atoms with Crippen molar-refractivity contribution in [2.75, 3.05) is 42.7 Å². The summed E-state index contributed by atoms with van der Waals surface area (Å²) >= 11 is 0. The topological polar surface area (TPSA) is 96.7 Å². The van der Waals surface area contributed by atoms with E-state index >= 15 is 0 Å². The van der Waals surface area contributed by atoms with Crippen molar-refractivity contribution in [1.29, 1.82) is 0 Å². The van der Waals surface area contributed by atoms with E-state index in [4.69, 9.17) is 10.5 Å². The Morgan fingerprint density at radius 3 is 3.00 bits per heavy atom. The van der Waals surface area contributed by atoms with Crippen LogP contribution >= 0.6 is 0 Å². The summed E-state index contributed by atoms with van der Waals surface area (Å²) in [5.41, 5.74) is 7.69. The van der Waals surface area contributed by atoms with E-state index in [0.29, 0.717) is 29.4 Å². The quantitative estimate of drug-likeness (QED) is 0.682. The highest BCUT2D eigenvalue weighted by atomic mass is 16.5. The Morgan fingerprint density at radius 1 is 1.55 bits per heavy atom. The van der Waals surface area contributed by atoms with Gasteiger partial charge in [-0.2, -0.15) is 0 Å². The largest absolute Gasteiger partial charge is 0.482 e. The van der Waals surface area contributed by atoms with E-state index in [1.165, 1.54) is 0 Å². The van der Waals surface area contributed by atoms with Crippen LogP contribution < -0.4 is 26.0 Å². The van der Waals surface area contributed by atoms with Crippen LogP contribution in [0.3, 0.4) is 0 Å². The molecule has 0 bridgehead atoms. The summed E-state index contributed by atoms with van der Waals surface area (Å²) < 4.78 is 5.28. The molecule has 0 aliphatic carbocycles. The van der Waals surface area contributed by atoms with Crippen LogP contribution in [0.5, 0.6) is 5.75 Å². The molecule has 1 aromatic rings. The summed E-state index contributed by atoms with van der Waals surface area (Å²) in [7, 11) is 1.76. The lowest BCUT2D eigenvalue weighted by atomic mass is 10.2. The van der Waals surface area contributed by atoms with Gasteiger partial charge in [-0.15, -0.1) is 0 Å². The molecule has 108 valence electrons. The lowest BCUT2D eigenvalue weighted by Gasteiger charge is -2.24. The van der Waals surface area contributed by atoms with Gasteiger partial charge in [-0.1, -0.05) is 0 Å². The fraction of sp³-hybridized carbons (Fsp3) is 0.385. The second-order valence-corrected chi connectivity index (χ2v) is 4.55. The van der Waals surface area contributed by atoms with E-state index in [9.17, 15) is 9.59 Å². The standard InChI is InChI=1S/C13H18N4O3/c1-3-15-12(18)6-17(2)10-5-9-11(4-8(10)14)20-7-13(19)16-9/h4-5H,3,6-7,14H2,1-2H3,(H,15,18)(H,16,19). The second kappa shape index (κ2) is 5.68. The number of benzene rings is 1. The SMILES string of the molecule is CCNC(=O)CN(C)c1cc2c(cc1N)OCC(=O)N2. The molecule has 1 aliphatic rings. The van der Waals surface area contributed by atoms with Crippen LogP contribution in [0.15, 0.2) is 12.1 Å². The summed E-state index contributed by atoms with van der Waals surface area (Å²) in [6.45, 7) is 2.61. The highest BCUT2D eigenvalue weighted by Gasteiger charge is 2.19. The molecule has 20 heavy (non-hydrogen) atoms. The van der Waals surface area contributed by atoms with Gasteiger partial charge in [-0.3, -0.25) is 9.59 Å². The molecule has 0 spiro atoms. The third-order valence-corrected chi connectivity index (χ3v) is 2.93. The van der Waals surface area contributed by atoms with Gasteiger partial charge in [0.05, 0.1) is 23.6 Å². The molecule has 0 unspecified atom stereocenters. The first-order chi connectivity index (χ1) is 9.51. The normalized spacial score (nSPS) is 13.0. The molecule has 0 atom stereocenters. The van der Waals surface area contributed by atoms with E-state index in [0.717, 1.165) is 0 Å².